The summed E-state index contributed by atoms with van der Waals surface area (Å²) in [6.45, 7) is 9.89. The molecule has 1 fully saturated rings. The molecule has 33 heavy (non-hydrogen) atoms. The molecule has 1 heterocycles. The predicted molar refractivity (Wildman–Crippen MR) is 129 cm³/mol. The van der Waals surface area contributed by atoms with Gasteiger partial charge in [-0.3, -0.25) is 4.79 Å². The maximum absolute atomic E-state index is 12.8. The largest absolute Gasteiger partial charge is 0.493 e. The molecule has 0 aromatic heterocycles. The van der Waals surface area contributed by atoms with Gasteiger partial charge in [-0.1, -0.05) is 26.0 Å². The average molecular weight is 475 g/mol. The van der Waals surface area contributed by atoms with E-state index >= 15 is 0 Å². The highest BCUT2D eigenvalue weighted by Crippen LogP contribution is 2.27. The van der Waals surface area contributed by atoms with Crippen LogP contribution >= 0.6 is 0 Å². The van der Waals surface area contributed by atoms with Crippen molar-refractivity contribution in [2.75, 3.05) is 38.2 Å². The summed E-state index contributed by atoms with van der Waals surface area (Å²) in [5.41, 5.74) is 2.22. The highest BCUT2D eigenvalue weighted by Gasteiger charge is 2.28. The Labute approximate surface area is 197 Å². The van der Waals surface area contributed by atoms with Crippen LogP contribution in [-0.2, 0) is 19.6 Å². The summed E-state index contributed by atoms with van der Waals surface area (Å²) in [5.74, 6) is 0.766. The van der Waals surface area contributed by atoms with Crippen LogP contribution in [-0.4, -0.2) is 51.5 Å². The molecule has 180 valence electrons. The summed E-state index contributed by atoms with van der Waals surface area (Å²) < 4.78 is 38.0. The molecule has 1 N–H and O–H groups in total. The van der Waals surface area contributed by atoms with Crippen LogP contribution in [0, 0.1) is 19.3 Å². The van der Waals surface area contributed by atoms with Crippen LogP contribution in [0.1, 0.15) is 37.8 Å². The number of hydrogen-bond donors (Lipinski definition) is 1. The number of morpholine rings is 1. The van der Waals surface area contributed by atoms with Gasteiger partial charge in [0.2, 0.25) is 15.9 Å². The molecule has 8 heteroatoms. The van der Waals surface area contributed by atoms with Crippen molar-refractivity contribution in [3.8, 4) is 5.75 Å². The van der Waals surface area contributed by atoms with Crippen molar-refractivity contribution in [3.05, 3.63) is 53.6 Å². The third-order valence-electron chi connectivity index (χ3n) is 5.88. The number of ether oxygens (including phenoxy) is 2. The third kappa shape index (κ3) is 6.56. The van der Waals surface area contributed by atoms with Gasteiger partial charge in [-0.25, -0.2) is 8.42 Å². The minimum absolute atomic E-state index is 0.113. The van der Waals surface area contributed by atoms with Crippen LogP contribution < -0.4 is 10.1 Å². The summed E-state index contributed by atoms with van der Waals surface area (Å²) in [6.07, 6.45) is 1.40. The molecule has 1 saturated heterocycles. The predicted octanol–water partition coefficient (Wildman–Crippen LogP) is 4.15. The van der Waals surface area contributed by atoms with Crippen molar-refractivity contribution < 1.29 is 22.7 Å². The molecule has 3 rings (SSSR count). The van der Waals surface area contributed by atoms with Gasteiger partial charge in [-0.15, -0.1) is 0 Å². The molecular weight excluding hydrogens is 440 g/mol. The van der Waals surface area contributed by atoms with Gasteiger partial charge in [0.05, 0.1) is 24.7 Å². The van der Waals surface area contributed by atoms with Crippen LogP contribution in [0.25, 0.3) is 0 Å². The van der Waals surface area contributed by atoms with Crippen LogP contribution in [0.5, 0.6) is 5.75 Å². The molecule has 0 unspecified atom stereocenters. The topological polar surface area (TPSA) is 84.9 Å². The summed E-state index contributed by atoms with van der Waals surface area (Å²) in [5, 5.41) is 2.91. The molecule has 0 aliphatic carbocycles. The molecule has 2 aromatic carbocycles. The summed E-state index contributed by atoms with van der Waals surface area (Å²) in [4.78, 5) is 13.0. The number of rotatable bonds is 9. The third-order valence-corrected chi connectivity index (χ3v) is 7.79. The number of benzene rings is 2. The maximum atomic E-state index is 12.8. The first-order valence-corrected chi connectivity index (χ1v) is 12.7. The Morgan fingerprint density at radius 2 is 1.76 bits per heavy atom. The number of hydrogen-bond acceptors (Lipinski definition) is 5. The van der Waals surface area contributed by atoms with Gasteiger partial charge in [0.15, 0.2) is 0 Å². The number of nitrogens with one attached hydrogen (secondary N) is 1. The van der Waals surface area contributed by atoms with Crippen LogP contribution in [0.4, 0.5) is 5.69 Å². The van der Waals surface area contributed by atoms with Gasteiger partial charge < -0.3 is 14.8 Å². The minimum atomic E-state index is -3.55. The van der Waals surface area contributed by atoms with E-state index in [9.17, 15) is 13.2 Å². The Balaban J connectivity index is 1.52. The Kier molecular flexibility index (Phi) is 8.15. The first-order valence-electron chi connectivity index (χ1n) is 11.3. The number of anilines is 1. The molecule has 0 spiro atoms. The van der Waals surface area contributed by atoms with Crippen molar-refractivity contribution in [2.45, 2.75) is 45.4 Å². The van der Waals surface area contributed by atoms with Crippen LogP contribution in [0.3, 0.4) is 0 Å². The molecular formula is C25H34N2O5S. The second kappa shape index (κ2) is 10.7. The second-order valence-corrected chi connectivity index (χ2v) is 11.0. The van der Waals surface area contributed by atoms with Gasteiger partial charge in [-0.05, 0) is 68.1 Å². The molecule has 0 atom stereocenters. The summed E-state index contributed by atoms with van der Waals surface area (Å²) in [6, 6.07) is 12.4. The maximum Gasteiger partial charge on any atom is 0.243 e. The quantitative estimate of drug-likeness (QED) is 0.552. The first kappa shape index (κ1) is 25.2. The number of sulfonamides is 1. The van der Waals surface area contributed by atoms with Crippen LogP contribution in [0.15, 0.2) is 47.4 Å². The van der Waals surface area contributed by atoms with E-state index in [2.05, 4.69) is 11.4 Å². The molecule has 7 nitrogen and oxygen atoms in total. The van der Waals surface area contributed by atoms with E-state index in [0.29, 0.717) is 45.0 Å². The smallest absolute Gasteiger partial charge is 0.243 e. The van der Waals surface area contributed by atoms with E-state index in [-0.39, 0.29) is 10.8 Å². The zero-order valence-corrected chi connectivity index (χ0v) is 20.7. The normalized spacial score (nSPS) is 15.3. The van der Waals surface area contributed by atoms with E-state index in [1.54, 1.807) is 12.1 Å². The highest BCUT2D eigenvalue weighted by molar-refractivity contribution is 7.89. The van der Waals surface area contributed by atoms with E-state index in [0.717, 1.165) is 23.3 Å². The van der Waals surface area contributed by atoms with Gasteiger partial charge >= 0.3 is 0 Å². The number of carbonyl (C=O) groups is 1. The van der Waals surface area contributed by atoms with Crippen molar-refractivity contribution in [1.82, 2.24) is 4.31 Å². The van der Waals surface area contributed by atoms with E-state index in [1.165, 1.54) is 16.4 Å². The summed E-state index contributed by atoms with van der Waals surface area (Å²) in [7, 11) is -3.55. The lowest BCUT2D eigenvalue weighted by Crippen LogP contribution is -2.40. The zero-order chi connectivity index (χ0) is 24.1. The fourth-order valence-electron chi connectivity index (χ4n) is 3.62. The first-order chi connectivity index (χ1) is 15.6. The van der Waals surface area contributed by atoms with Crippen LogP contribution in [0.2, 0.25) is 0 Å². The number of amides is 1. The second-order valence-electron chi connectivity index (χ2n) is 9.10. The molecule has 0 saturated carbocycles. The van der Waals surface area contributed by atoms with E-state index in [1.807, 2.05) is 39.8 Å². The van der Waals surface area contributed by atoms with Crippen molar-refractivity contribution >= 4 is 21.6 Å². The number of aryl methyl sites for hydroxylation is 2. The van der Waals surface area contributed by atoms with Gasteiger partial charge in [0.25, 0.3) is 0 Å². The zero-order valence-electron chi connectivity index (χ0n) is 19.9. The Bertz CT molecular complexity index is 1060. The minimum Gasteiger partial charge on any atom is -0.493 e. The fraction of sp³-hybridized carbons (Fsp3) is 0.480. The van der Waals surface area contributed by atoms with Crippen molar-refractivity contribution in [3.63, 3.8) is 0 Å². The Morgan fingerprint density at radius 1 is 1.09 bits per heavy atom. The standard InChI is InChI=1S/C25H34N2O5S/c1-19-6-7-20(2)23(18-19)32-15-5-12-25(3,4)24(28)26-21-8-10-22(11-9-21)33(29,30)27-13-16-31-17-14-27/h6-11,18H,5,12-17H2,1-4H3,(H,26,28). The molecule has 0 bridgehead atoms. The monoisotopic (exact) mass is 474 g/mol. The van der Waals surface area contributed by atoms with E-state index in [4.69, 9.17) is 9.47 Å². The van der Waals surface area contributed by atoms with Gasteiger partial charge in [0.1, 0.15) is 5.75 Å². The van der Waals surface area contributed by atoms with Gasteiger partial charge in [-0.2, -0.15) is 4.31 Å². The number of carbonyl (C=O) groups excluding carboxylic acids is 1. The van der Waals surface area contributed by atoms with E-state index < -0.39 is 15.4 Å². The van der Waals surface area contributed by atoms with Crippen molar-refractivity contribution in [1.29, 1.82) is 0 Å². The molecule has 1 amide bonds. The van der Waals surface area contributed by atoms with Crippen molar-refractivity contribution in [2.24, 2.45) is 5.41 Å². The number of nitrogens with zero attached hydrogens (tertiary/aromatic N) is 1. The lowest BCUT2D eigenvalue weighted by molar-refractivity contribution is -0.124. The molecule has 1 aliphatic rings. The lowest BCUT2D eigenvalue weighted by atomic mass is 9.87. The average Bonchev–Trinajstić information content (AvgIpc) is 2.80. The molecule has 1 aliphatic heterocycles. The highest BCUT2D eigenvalue weighted by atomic mass is 32.2. The lowest BCUT2D eigenvalue weighted by Gasteiger charge is -2.26. The SMILES string of the molecule is Cc1ccc(C)c(OCCCC(C)(C)C(=O)Nc2ccc(S(=O)(=O)N3CCOCC3)cc2)c1. The molecule has 2 aromatic rings. The fourth-order valence-corrected chi connectivity index (χ4v) is 5.03. The van der Waals surface area contributed by atoms with Gasteiger partial charge in [0, 0.05) is 24.2 Å². The summed E-state index contributed by atoms with van der Waals surface area (Å²) >= 11 is 0. The Hall–Kier alpha value is -2.42. The molecule has 0 radical (unpaired) electrons. The Morgan fingerprint density at radius 3 is 2.42 bits per heavy atom.